The molecule has 3 nitrogen and oxygen atoms in total. The Balaban J connectivity index is 2.15. The smallest absolute Gasteiger partial charge is 0.326 e. The number of carboxylic acid groups (broad SMARTS) is 1. The second kappa shape index (κ2) is 6.14. The minimum atomic E-state index is -1.08. The fraction of sp³-hybridized carbons (Fsp3) is 0.133. The van der Waals surface area contributed by atoms with Crippen molar-refractivity contribution in [3.05, 3.63) is 65.7 Å². The molecule has 0 aromatic heterocycles. The Morgan fingerprint density at radius 1 is 1.10 bits per heavy atom. The number of anilines is 1. The lowest BCUT2D eigenvalue weighted by Gasteiger charge is -2.16. The molecule has 0 aliphatic carbocycles. The van der Waals surface area contributed by atoms with Crippen molar-refractivity contribution in [3.8, 4) is 0 Å². The summed E-state index contributed by atoms with van der Waals surface area (Å²) in [5.74, 6) is -2.59. The van der Waals surface area contributed by atoms with Crippen molar-refractivity contribution in [3.63, 3.8) is 0 Å². The third kappa shape index (κ3) is 3.78. The molecule has 0 saturated heterocycles. The van der Waals surface area contributed by atoms with E-state index in [1.807, 2.05) is 6.07 Å². The second-order valence-electron chi connectivity index (χ2n) is 4.38. The molecule has 2 N–H and O–H groups in total. The van der Waals surface area contributed by atoms with Gasteiger partial charge in [0, 0.05) is 18.2 Å². The molecule has 1 atom stereocenters. The van der Waals surface area contributed by atoms with Crippen LogP contribution in [0.5, 0.6) is 0 Å². The average Bonchev–Trinajstić information content (AvgIpc) is 2.38. The maximum atomic E-state index is 13.1. The van der Waals surface area contributed by atoms with Crippen LogP contribution in [0.3, 0.4) is 0 Å². The lowest BCUT2D eigenvalue weighted by Crippen LogP contribution is -2.31. The number of nitrogens with one attached hydrogen (secondary N) is 1. The lowest BCUT2D eigenvalue weighted by molar-refractivity contribution is -0.137. The number of carboxylic acids is 1. The number of aliphatic carboxylic acids is 1. The van der Waals surface area contributed by atoms with E-state index in [1.54, 1.807) is 24.3 Å². The van der Waals surface area contributed by atoms with Gasteiger partial charge in [-0.2, -0.15) is 0 Å². The third-order valence-corrected chi connectivity index (χ3v) is 2.78. The zero-order valence-electron chi connectivity index (χ0n) is 10.5. The molecule has 2 aromatic carbocycles. The molecule has 2 aromatic rings. The Morgan fingerprint density at radius 3 is 2.25 bits per heavy atom. The molecular formula is C15H13F2NO2. The molecule has 0 fully saturated rings. The van der Waals surface area contributed by atoms with Gasteiger partial charge in [-0.15, -0.1) is 0 Å². The summed E-state index contributed by atoms with van der Waals surface area (Å²) in [4.78, 5) is 11.2. The lowest BCUT2D eigenvalue weighted by atomic mass is 10.1. The van der Waals surface area contributed by atoms with Crippen LogP contribution in [0.25, 0.3) is 0 Å². The highest BCUT2D eigenvalue weighted by molar-refractivity contribution is 5.77. The van der Waals surface area contributed by atoms with Gasteiger partial charge in [-0.1, -0.05) is 30.3 Å². The summed E-state index contributed by atoms with van der Waals surface area (Å²) in [5, 5.41) is 11.8. The average molecular weight is 277 g/mol. The van der Waals surface area contributed by atoms with Crippen LogP contribution in [0.1, 0.15) is 5.56 Å². The maximum Gasteiger partial charge on any atom is 0.326 e. The van der Waals surface area contributed by atoms with E-state index in [0.29, 0.717) is 0 Å². The molecule has 0 radical (unpaired) electrons. The van der Waals surface area contributed by atoms with Crippen LogP contribution >= 0.6 is 0 Å². The minimum Gasteiger partial charge on any atom is -0.480 e. The summed E-state index contributed by atoms with van der Waals surface area (Å²) >= 11 is 0. The summed E-state index contributed by atoms with van der Waals surface area (Å²) in [6, 6.07) is 10.9. The highest BCUT2D eigenvalue weighted by Gasteiger charge is 2.18. The van der Waals surface area contributed by atoms with E-state index < -0.39 is 23.6 Å². The van der Waals surface area contributed by atoms with Gasteiger partial charge in [-0.3, -0.25) is 0 Å². The zero-order chi connectivity index (χ0) is 14.5. The first-order chi connectivity index (χ1) is 9.54. The van der Waals surface area contributed by atoms with Crippen molar-refractivity contribution in [2.45, 2.75) is 12.5 Å². The predicted octanol–water partition coefficient (Wildman–Crippen LogP) is 3.07. The third-order valence-electron chi connectivity index (χ3n) is 2.78. The Kier molecular flexibility index (Phi) is 4.30. The monoisotopic (exact) mass is 277 g/mol. The van der Waals surface area contributed by atoms with Gasteiger partial charge >= 0.3 is 5.97 Å². The van der Waals surface area contributed by atoms with Crippen LogP contribution in [0.2, 0.25) is 0 Å². The summed E-state index contributed by atoms with van der Waals surface area (Å²) in [5.41, 5.74) is 0.926. The number of benzene rings is 2. The van der Waals surface area contributed by atoms with Crippen molar-refractivity contribution in [2.75, 3.05) is 5.32 Å². The molecule has 0 aliphatic heterocycles. The number of rotatable bonds is 5. The molecule has 5 heteroatoms. The molecule has 2 rings (SSSR count). The zero-order valence-corrected chi connectivity index (χ0v) is 10.5. The van der Waals surface area contributed by atoms with Crippen molar-refractivity contribution < 1.29 is 18.7 Å². The molecule has 0 spiro atoms. The number of hydrogen-bond acceptors (Lipinski definition) is 2. The molecule has 20 heavy (non-hydrogen) atoms. The molecule has 1 unspecified atom stereocenters. The topological polar surface area (TPSA) is 49.3 Å². The highest BCUT2D eigenvalue weighted by Crippen LogP contribution is 2.15. The molecule has 0 saturated carbocycles. The molecule has 0 heterocycles. The van der Waals surface area contributed by atoms with Gasteiger partial charge in [0.2, 0.25) is 0 Å². The normalized spacial score (nSPS) is 11.9. The summed E-state index contributed by atoms with van der Waals surface area (Å²) < 4.78 is 26.2. The van der Waals surface area contributed by atoms with Crippen molar-refractivity contribution >= 4 is 11.7 Å². The van der Waals surface area contributed by atoms with Crippen LogP contribution in [-0.2, 0) is 11.2 Å². The van der Waals surface area contributed by atoms with Crippen LogP contribution in [0, 0.1) is 11.6 Å². The Morgan fingerprint density at radius 2 is 1.70 bits per heavy atom. The maximum absolute atomic E-state index is 13.1. The Bertz CT molecular complexity index is 582. The first kappa shape index (κ1) is 14.0. The predicted molar refractivity (Wildman–Crippen MR) is 71.6 cm³/mol. The van der Waals surface area contributed by atoms with E-state index in [1.165, 1.54) is 0 Å². The van der Waals surface area contributed by atoms with Crippen LogP contribution in [-0.4, -0.2) is 17.1 Å². The van der Waals surface area contributed by atoms with Gasteiger partial charge in [0.1, 0.15) is 17.7 Å². The molecule has 0 amide bonds. The summed E-state index contributed by atoms with van der Waals surface area (Å²) in [7, 11) is 0. The van der Waals surface area contributed by atoms with Gasteiger partial charge < -0.3 is 10.4 Å². The van der Waals surface area contributed by atoms with E-state index in [4.69, 9.17) is 0 Å². The highest BCUT2D eigenvalue weighted by atomic mass is 19.1. The van der Waals surface area contributed by atoms with E-state index in [-0.39, 0.29) is 12.1 Å². The molecule has 0 aliphatic rings. The summed E-state index contributed by atoms with van der Waals surface area (Å²) in [6.07, 6.45) is 0.217. The van der Waals surface area contributed by atoms with Crippen molar-refractivity contribution in [1.29, 1.82) is 0 Å². The van der Waals surface area contributed by atoms with Crippen LogP contribution < -0.4 is 5.32 Å². The molecule has 104 valence electrons. The van der Waals surface area contributed by atoms with Gasteiger partial charge in [0.25, 0.3) is 0 Å². The molecule has 0 bridgehead atoms. The number of carbonyl (C=O) groups is 1. The van der Waals surface area contributed by atoms with Crippen molar-refractivity contribution in [1.82, 2.24) is 0 Å². The second-order valence-corrected chi connectivity index (χ2v) is 4.38. The Hall–Kier alpha value is -2.43. The summed E-state index contributed by atoms with van der Waals surface area (Å²) in [6.45, 7) is 0. The number of hydrogen-bond donors (Lipinski definition) is 2. The first-order valence-electron chi connectivity index (χ1n) is 6.04. The van der Waals surface area contributed by atoms with Crippen LogP contribution in [0.15, 0.2) is 48.5 Å². The Labute approximate surface area is 114 Å². The number of halogens is 2. The SMILES string of the molecule is O=C(O)C(Cc1ccccc1)Nc1cc(F)cc(F)c1. The standard InChI is InChI=1S/C15H13F2NO2/c16-11-7-12(17)9-13(8-11)18-14(15(19)20)6-10-4-2-1-3-5-10/h1-5,7-9,14,18H,6H2,(H,19,20). The van der Waals surface area contributed by atoms with E-state index >= 15 is 0 Å². The van der Waals surface area contributed by atoms with Gasteiger partial charge in [-0.25, -0.2) is 13.6 Å². The van der Waals surface area contributed by atoms with Gasteiger partial charge in [-0.05, 0) is 17.7 Å². The van der Waals surface area contributed by atoms with Crippen LogP contribution in [0.4, 0.5) is 14.5 Å². The van der Waals surface area contributed by atoms with Gasteiger partial charge in [0.15, 0.2) is 0 Å². The minimum absolute atomic E-state index is 0.103. The quantitative estimate of drug-likeness (QED) is 0.883. The fourth-order valence-corrected chi connectivity index (χ4v) is 1.89. The largest absolute Gasteiger partial charge is 0.480 e. The van der Waals surface area contributed by atoms with Gasteiger partial charge in [0.05, 0.1) is 0 Å². The van der Waals surface area contributed by atoms with E-state index in [2.05, 4.69) is 5.32 Å². The van der Waals surface area contributed by atoms with Crippen molar-refractivity contribution in [2.24, 2.45) is 0 Å². The fourth-order valence-electron chi connectivity index (χ4n) is 1.89. The molecular weight excluding hydrogens is 264 g/mol. The van der Waals surface area contributed by atoms with E-state index in [9.17, 15) is 18.7 Å². The first-order valence-corrected chi connectivity index (χ1v) is 6.04. The van der Waals surface area contributed by atoms with E-state index in [0.717, 1.165) is 23.8 Å².